The van der Waals surface area contributed by atoms with Gasteiger partial charge >= 0.3 is 0 Å². The lowest BCUT2D eigenvalue weighted by Gasteiger charge is -2.13. The SMILES string of the molecule is CC(C)CNC(=O)CCNC(C)C(=O)NC1CC1. The molecular formula is C13H25N3O2. The minimum absolute atomic E-state index is 0.0279. The minimum atomic E-state index is -0.233. The summed E-state index contributed by atoms with van der Waals surface area (Å²) in [7, 11) is 0. The van der Waals surface area contributed by atoms with Crippen LogP contribution in [-0.4, -0.2) is 37.0 Å². The molecule has 1 saturated carbocycles. The summed E-state index contributed by atoms with van der Waals surface area (Å²) >= 11 is 0. The fraction of sp³-hybridized carbons (Fsp3) is 0.846. The van der Waals surface area contributed by atoms with Gasteiger partial charge in [-0.3, -0.25) is 9.59 Å². The second kappa shape index (κ2) is 7.36. The molecule has 0 saturated heterocycles. The zero-order valence-corrected chi connectivity index (χ0v) is 11.6. The van der Waals surface area contributed by atoms with Gasteiger partial charge in [0.25, 0.3) is 0 Å². The number of nitrogens with one attached hydrogen (secondary N) is 3. The van der Waals surface area contributed by atoms with Crippen LogP contribution in [-0.2, 0) is 9.59 Å². The highest BCUT2D eigenvalue weighted by molar-refractivity contribution is 5.82. The molecule has 0 aromatic carbocycles. The largest absolute Gasteiger partial charge is 0.356 e. The quantitative estimate of drug-likeness (QED) is 0.588. The molecule has 2 amide bonds. The van der Waals surface area contributed by atoms with E-state index in [4.69, 9.17) is 0 Å². The van der Waals surface area contributed by atoms with Gasteiger partial charge in [-0.15, -0.1) is 0 Å². The first-order valence-corrected chi connectivity index (χ1v) is 6.79. The van der Waals surface area contributed by atoms with Crippen LogP contribution in [0.4, 0.5) is 0 Å². The van der Waals surface area contributed by atoms with Gasteiger partial charge in [0.1, 0.15) is 0 Å². The number of rotatable bonds is 8. The molecule has 0 aromatic rings. The first kappa shape index (κ1) is 15.0. The highest BCUT2D eigenvalue weighted by Crippen LogP contribution is 2.18. The molecule has 0 heterocycles. The number of carbonyl (C=O) groups is 2. The lowest BCUT2D eigenvalue weighted by atomic mass is 10.2. The Kier molecular flexibility index (Phi) is 6.12. The Hall–Kier alpha value is -1.10. The molecule has 0 bridgehead atoms. The molecule has 0 aliphatic heterocycles. The van der Waals surface area contributed by atoms with E-state index >= 15 is 0 Å². The van der Waals surface area contributed by atoms with E-state index in [9.17, 15) is 9.59 Å². The molecule has 1 rings (SSSR count). The second-order valence-electron chi connectivity index (χ2n) is 5.41. The molecule has 3 N–H and O–H groups in total. The van der Waals surface area contributed by atoms with Gasteiger partial charge in [0.05, 0.1) is 6.04 Å². The summed E-state index contributed by atoms with van der Waals surface area (Å²) in [5.41, 5.74) is 0. The van der Waals surface area contributed by atoms with Gasteiger partial charge in [-0.1, -0.05) is 13.8 Å². The first-order valence-electron chi connectivity index (χ1n) is 6.79. The topological polar surface area (TPSA) is 70.2 Å². The molecule has 0 spiro atoms. The Labute approximate surface area is 109 Å². The average molecular weight is 255 g/mol. The minimum Gasteiger partial charge on any atom is -0.356 e. The number of hydrogen-bond donors (Lipinski definition) is 3. The van der Waals surface area contributed by atoms with Gasteiger partial charge < -0.3 is 16.0 Å². The smallest absolute Gasteiger partial charge is 0.237 e. The van der Waals surface area contributed by atoms with Crippen molar-refractivity contribution in [3.8, 4) is 0 Å². The van der Waals surface area contributed by atoms with Gasteiger partial charge in [-0.25, -0.2) is 0 Å². The van der Waals surface area contributed by atoms with E-state index in [-0.39, 0.29) is 17.9 Å². The predicted molar refractivity (Wildman–Crippen MR) is 71.1 cm³/mol. The second-order valence-corrected chi connectivity index (χ2v) is 5.41. The van der Waals surface area contributed by atoms with E-state index in [0.29, 0.717) is 31.5 Å². The van der Waals surface area contributed by atoms with Gasteiger partial charge in [0.2, 0.25) is 11.8 Å². The molecule has 1 aliphatic rings. The summed E-state index contributed by atoms with van der Waals surface area (Å²) in [5, 5.41) is 8.84. The van der Waals surface area contributed by atoms with Crippen LogP contribution in [0.25, 0.3) is 0 Å². The Morgan fingerprint density at radius 2 is 1.89 bits per heavy atom. The lowest BCUT2D eigenvalue weighted by molar-refractivity contribution is -0.124. The molecule has 0 aromatic heterocycles. The molecule has 1 atom stereocenters. The summed E-state index contributed by atoms with van der Waals surface area (Å²) in [6.45, 7) is 7.18. The number of amides is 2. The Morgan fingerprint density at radius 3 is 2.44 bits per heavy atom. The van der Waals surface area contributed by atoms with Crippen molar-refractivity contribution in [3.05, 3.63) is 0 Å². The van der Waals surface area contributed by atoms with Gasteiger partial charge in [0, 0.05) is 25.6 Å². The number of hydrogen-bond acceptors (Lipinski definition) is 3. The maximum atomic E-state index is 11.6. The van der Waals surface area contributed by atoms with E-state index in [2.05, 4.69) is 29.8 Å². The Morgan fingerprint density at radius 1 is 1.22 bits per heavy atom. The molecule has 5 nitrogen and oxygen atoms in total. The third-order valence-electron chi connectivity index (χ3n) is 2.83. The molecule has 1 unspecified atom stereocenters. The summed E-state index contributed by atoms with van der Waals surface area (Å²) in [6, 6.07) is 0.152. The van der Waals surface area contributed by atoms with Crippen molar-refractivity contribution in [2.75, 3.05) is 13.1 Å². The van der Waals surface area contributed by atoms with Crippen LogP contribution in [0, 0.1) is 5.92 Å². The standard InChI is InChI=1S/C13H25N3O2/c1-9(2)8-15-12(17)6-7-14-10(3)13(18)16-11-4-5-11/h9-11,14H,4-8H2,1-3H3,(H,15,17)(H,16,18). The molecule has 0 radical (unpaired) electrons. The van der Waals surface area contributed by atoms with Crippen LogP contribution >= 0.6 is 0 Å². The van der Waals surface area contributed by atoms with Gasteiger partial charge in [-0.05, 0) is 25.7 Å². The monoisotopic (exact) mass is 255 g/mol. The molecule has 104 valence electrons. The highest BCUT2D eigenvalue weighted by atomic mass is 16.2. The summed E-state index contributed by atoms with van der Waals surface area (Å²) in [4.78, 5) is 23.0. The van der Waals surface area contributed by atoms with Crippen molar-refractivity contribution < 1.29 is 9.59 Å². The Balaban J connectivity index is 2.04. The molecule has 1 aliphatic carbocycles. The predicted octanol–water partition coefficient (Wildman–Crippen LogP) is 0.405. The van der Waals surface area contributed by atoms with Crippen LogP contribution in [0.15, 0.2) is 0 Å². The van der Waals surface area contributed by atoms with Crippen molar-refractivity contribution >= 4 is 11.8 Å². The maximum absolute atomic E-state index is 11.6. The highest BCUT2D eigenvalue weighted by Gasteiger charge is 2.25. The van der Waals surface area contributed by atoms with Crippen molar-refractivity contribution in [1.82, 2.24) is 16.0 Å². The first-order chi connectivity index (χ1) is 8.49. The summed E-state index contributed by atoms with van der Waals surface area (Å²) in [6.07, 6.45) is 2.60. The lowest BCUT2D eigenvalue weighted by Crippen LogP contribution is -2.44. The molecule has 18 heavy (non-hydrogen) atoms. The van der Waals surface area contributed by atoms with Crippen molar-refractivity contribution in [3.63, 3.8) is 0 Å². The van der Waals surface area contributed by atoms with E-state index < -0.39 is 0 Å². The fourth-order valence-electron chi connectivity index (χ4n) is 1.46. The van der Waals surface area contributed by atoms with E-state index in [0.717, 1.165) is 12.8 Å². The third kappa shape index (κ3) is 6.59. The van der Waals surface area contributed by atoms with Gasteiger partial charge in [0.15, 0.2) is 0 Å². The van der Waals surface area contributed by atoms with Crippen molar-refractivity contribution in [2.24, 2.45) is 5.92 Å². The van der Waals surface area contributed by atoms with E-state index in [1.165, 1.54) is 0 Å². The van der Waals surface area contributed by atoms with Crippen molar-refractivity contribution in [2.45, 2.75) is 52.1 Å². The normalized spacial score (nSPS) is 16.4. The molecule has 1 fully saturated rings. The van der Waals surface area contributed by atoms with Crippen LogP contribution in [0.5, 0.6) is 0 Å². The number of carbonyl (C=O) groups excluding carboxylic acids is 2. The third-order valence-corrected chi connectivity index (χ3v) is 2.83. The van der Waals surface area contributed by atoms with Crippen LogP contribution in [0.1, 0.15) is 40.0 Å². The van der Waals surface area contributed by atoms with Crippen molar-refractivity contribution in [1.29, 1.82) is 0 Å². The summed E-state index contributed by atoms with van der Waals surface area (Å²) < 4.78 is 0. The van der Waals surface area contributed by atoms with Crippen LogP contribution < -0.4 is 16.0 Å². The van der Waals surface area contributed by atoms with Gasteiger partial charge in [-0.2, -0.15) is 0 Å². The van der Waals surface area contributed by atoms with E-state index in [1.807, 2.05) is 6.92 Å². The average Bonchev–Trinajstić information content (AvgIpc) is 3.10. The van der Waals surface area contributed by atoms with E-state index in [1.54, 1.807) is 0 Å². The zero-order chi connectivity index (χ0) is 13.5. The fourth-order valence-corrected chi connectivity index (χ4v) is 1.46. The Bertz CT molecular complexity index is 288. The summed E-state index contributed by atoms with van der Waals surface area (Å²) in [5.74, 6) is 0.524. The van der Waals surface area contributed by atoms with Crippen LogP contribution in [0.2, 0.25) is 0 Å². The maximum Gasteiger partial charge on any atom is 0.237 e. The molecular weight excluding hydrogens is 230 g/mol. The van der Waals surface area contributed by atoms with Crippen LogP contribution in [0.3, 0.4) is 0 Å². The molecule has 5 heteroatoms. The zero-order valence-electron chi connectivity index (χ0n) is 11.6.